The van der Waals surface area contributed by atoms with Gasteiger partial charge in [-0.25, -0.2) is 9.78 Å². The summed E-state index contributed by atoms with van der Waals surface area (Å²) in [6.45, 7) is 3.37. The molecule has 7 heteroatoms. The van der Waals surface area contributed by atoms with Crippen LogP contribution in [0.4, 0.5) is 10.8 Å². The first-order chi connectivity index (χ1) is 14.1. The second kappa shape index (κ2) is 9.84. The van der Waals surface area contributed by atoms with Crippen LogP contribution in [0.1, 0.15) is 25.1 Å². The number of anilines is 2. The molecular formula is C22H22N2O4S. The van der Waals surface area contributed by atoms with Crippen molar-refractivity contribution >= 4 is 34.0 Å². The molecule has 0 bridgehead atoms. The van der Waals surface area contributed by atoms with Crippen molar-refractivity contribution in [3.05, 3.63) is 71.2 Å². The number of carbonyl (C=O) groups excluding carboxylic acids is 2. The van der Waals surface area contributed by atoms with E-state index in [-0.39, 0.29) is 19.1 Å². The number of aromatic nitrogens is 1. The number of para-hydroxylation sites is 2. The second-order valence-electron chi connectivity index (χ2n) is 6.22. The third kappa shape index (κ3) is 5.42. The Hall–Kier alpha value is -3.19. The molecule has 2 aromatic carbocycles. The minimum absolute atomic E-state index is 0.0225. The second-order valence-corrected chi connectivity index (χ2v) is 7.06. The van der Waals surface area contributed by atoms with Gasteiger partial charge < -0.3 is 9.47 Å². The van der Waals surface area contributed by atoms with Crippen LogP contribution in [-0.2, 0) is 27.4 Å². The first kappa shape index (κ1) is 20.5. The SMILES string of the molecule is CCc1ccccc1OCC(=O)OCc1csc(N(C(C)=O)c2ccccc2)n1. The summed E-state index contributed by atoms with van der Waals surface area (Å²) in [5, 5.41) is 2.30. The predicted octanol–water partition coefficient (Wildman–Crippen LogP) is 4.51. The number of thiazole rings is 1. The third-order valence-electron chi connectivity index (χ3n) is 4.14. The number of aryl methyl sites for hydroxylation is 1. The Kier molecular flexibility index (Phi) is 6.97. The van der Waals surface area contributed by atoms with Crippen LogP contribution in [-0.4, -0.2) is 23.5 Å². The fourth-order valence-corrected chi connectivity index (χ4v) is 3.61. The van der Waals surface area contributed by atoms with Gasteiger partial charge in [-0.2, -0.15) is 0 Å². The molecule has 0 radical (unpaired) electrons. The monoisotopic (exact) mass is 410 g/mol. The van der Waals surface area contributed by atoms with Gasteiger partial charge in [0.1, 0.15) is 12.4 Å². The largest absolute Gasteiger partial charge is 0.482 e. The first-order valence-electron chi connectivity index (χ1n) is 9.25. The lowest BCUT2D eigenvalue weighted by Gasteiger charge is -2.17. The zero-order chi connectivity index (χ0) is 20.6. The molecule has 29 heavy (non-hydrogen) atoms. The van der Waals surface area contributed by atoms with Crippen LogP contribution in [0, 0.1) is 0 Å². The third-order valence-corrected chi connectivity index (χ3v) is 5.01. The molecule has 0 saturated carbocycles. The van der Waals surface area contributed by atoms with E-state index in [2.05, 4.69) is 4.98 Å². The molecule has 6 nitrogen and oxygen atoms in total. The number of hydrogen-bond acceptors (Lipinski definition) is 6. The number of ether oxygens (including phenoxy) is 2. The molecule has 3 rings (SSSR count). The van der Waals surface area contributed by atoms with Gasteiger partial charge in [-0.05, 0) is 30.2 Å². The van der Waals surface area contributed by atoms with E-state index in [1.807, 2.05) is 61.5 Å². The molecule has 0 spiro atoms. The van der Waals surface area contributed by atoms with Crippen LogP contribution in [0.5, 0.6) is 5.75 Å². The summed E-state index contributed by atoms with van der Waals surface area (Å²) in [4.78, 5) is 30.1. The quantitative estimate of drug-likeness (QED) is 0.511. The van der Waals surface area contributed by atoms with Crippen LogP contribution < -0.4 is 9.64 Å². The van der Waals surface area contributed by atoms with Gasteiger partial charge in [0.05, 0.1) is 11.4 Å². The molecule has 1 heterocycles. The van der Waals surface area contributed by atoms with E-state index in [9.17, 15) is 9.59 Å². The molecule has 3 aromatic rings. The number of amides is 1. The van der Waals surface area contributed by atoms with Crippen LogP contribution in [0.3, 0.4) is 0 Å². The fraction of sp³-hybridized carbons (Fsp3) is 0.227. The summed E-state index contributed by atoms with van der Waals surface area (Å²) in [7, 11) is 0. The van der Waals surface area contributed by atoms with Gasteiger partial charge in [0, 0.05) is 12.3 Å². The van der Waals surface area contributed by atoms with Crippen molar-refractivity contribution in [2.75, 3.05) is 11.5 Å². The normalized spacial score (nSPS) is 10.4. The zero-order valence-electron chi connectivity index (χ0n) is 16.3. The van der Waals surface area contributed by atoms with Gasteiger partial charge in [0.2, 0.25) is 5.91 Å². The van der Waals surface area contributed by atoms with E-state index < -0.39 is 5.97 Å². The Labute approximate surface area is 173 Å². The summed E-state index contributed by atoms with van der Waals surface area (Å²) in [6, 6.07) is 16.9. The average Bonchev–Trinajstić information content (AvgIpc) is 3.20. The molecule has 150 valence electrons. The topological polar surface area (TPSA) is 68.7 Å². The molecule has 1 aromatic heterocycles. The van der Waals surface area contributed by atoms with Gasteiger partial charge in [-0.3, -0.25) is 9.69 Å². The summed E-state index contributed by atoms with van der Waals surface area (Å²) < 4.78 is 10.8. The van der Waals surface area contributed by atoms with Crippen molar-refractivity contribution in [1.29, 1.82) is 0 Å². The van der Waals surface area contributed by atoms with Crippen molar-refractivity contribution in [2.45, 2.75) is 26.9 Å². The number of carbonyl (C=O) groups is 2. The highest BCUT2D eigenvalue weighted by Gasteiger charge is 2.18. The Morgan fingerprint density at radius 1 is 1.07 bits per heavy atom. The highest BCUT2D eigenvalue weighted by molar-refractivity contribution is 7.14. The van der Waals surface area contributed by atoms with Crippen molar-refractivity contribution < 1.29 is 19.1 Å². The van der Waals surface area contributed by atoms with Crippen molar-refractivity contribution in [2.24, 2.45) is 0 Å². The lowest BCUT2D eigenvalue weighted by Crippen LogP contribution is -2.22. The summed E-state index contributed by atoms with van der Waals surface area (Å²) >= 11 is 1.32. The summed E-state index contributed by atoms with van der Waals surface area (Å²) in [6.07, 6.45) is 0.820. The predicted molar refractivity (Wildman–Crippen MR) is 112 cm³/mol. The average molecular weight is 410 g/mol. The van der Waals surface area contributed by atoms with Crippen LogP contribution >= 0.6 is 11.3 Å². The maximum Gasteiger partial charge on any atom is 0.344 e. The van der Waals surface area contributed by atoms with E-state index in [0.29, 0.717) is 16.6 Å². The molecule has 0 N–H and O–H groups in total. The zero-order valence-corrected chi connectivity index (χ0v) is 17.1. The fourth-order valence-electron chi connectivity index (χ4n) is 2.74. The first-order valence-corrected chi connectivity index (χ1v) is 10.1. The molecule has 0 aliphatic carbocycles. The molecular weight excluding hydrogens is 388 g/mol. The number of rotatable bonds is 8. The lowest BCUT2D eigenvalue weighted by atomic mass is 10.1. The van der Waals surface area contributed by atoms with E-state index in [1.54, 1.807) is 5.38 Å². The van der Waals surface area contributed by atoms with Crippen molar-refractivity contribution in [1.82, 2.24) is 4.98 Å². The van der Waals surface area contributed by atoms with Crippen molar-refractivity contribution in [3.63, 3.8) is 0 Å². The Balaban J connectivity index is 1.57. The van der Waals surface area contributed by atoms with Gasteiger partial charge in [0.25, 0.3) is 0 Å². The standard InChI is InChI=1S/C22H22N2O4S/c1-3-17-9-7-8-12-20(17)27-14-21(26)28-13-18-15-29-22(23-18)24(16(2)25)19-10-5-4-6-11-19/h4-12,15H,3,13-14H2,1-2H3. The van der Waals surface area contributed by atoms with Gasteiger partial charge in [0.15, 0.2) is 11.7 Å². The molecule has 0 unspecified atom stereocenters. The number of benzene rings is 2. The van der Waals surface area contributed by atoms with Crippen LogP contribution in [0.25, 0.3) is 0 Å². The highest BCUT2D eigenvalue weighted by atomic mass is 32.1. The molecule has 0 atom stereocenters. The molecule has 0 fully saturated rings. The lowest BCUT2D eigenvalue weighted by molar-refractivity contribution is -0.147. The van der Waals surface area contributed by atoms with Crippen molar-refractivity contribution in [3.8, 4) is 5.75 Å². The minimum Gasteiger partial charge on any atom is -0.482 e. The molecule has 1 amide bonds. The van der Waals surface area contributed by atoms with Gasteiger partial charge >= 0.3 is 5.97 Å². The summed E-state index contributed by atoms with van der Waals surface area (Å²) in [5.41, 5.74) is 2.35. The highest BCUT2D eigenvalue weighted by Crippen LogP contribution is 2.28. The van der Waals surface area contributed by atoms with Crippen LogP contribution in [0.15, 0.2) is 60.0 Å². The Morgan fingerprint density at radius 2 is 1.79 bits per heavy atom. The van der Waals surface area contributed by atoms with Gasteiger partial charge in [-0.1, -0.05) is 43.3 Å². The summed E-state index contributed by atoms with van der Waals surface area (Å²) in [5.74, 6) is 0.0666. The van der Waals surface area contributed by atoms with Crippen LogP contribution in [0.2, 0.25) is 0 Å². The van der Waals surface area contributed by atoms with E-state index >= 15 is 0 Å². The number of hydrogen-bond donors (Lipinski definition) is 0. The minimum atomic E-state index is -0.475. The van der Waals surface area contributed by atoms with E-state index in [4.69, 9.17) is 9.47 Å². The smallest absolute Gasteiger partial charge is 0.344 e. The number of esters is 1. The molecule has 0 aliphatic rings. The van der Waals surface area contributed by atoms with Gasteiger partial charge in [-0.15, -0.1) is 11.3 Å². The van der Waals surface area contributed by atoms with E-state index in [1.165, 1.54) is 23.2 Å². The van der Waals surface area contributed by atoms with E-state index in [0.717, 1.165) is 17.7 Å². The Bertz CT molecular complexity index is 972. The number of nitrogens with zero attached hydrogens (tertiary/aromatic N) is 2. The maximum absolute atomic E-state index is 12.1. The molecule has 0 saturated heterocycles. The molecule has 0 aliphatic heterocycles. The Morgan fingerprint density at radius 3 is 2.52 bits per heavy atom. The maximum atomic E-state index is 12.1.